The molecule has 2 heterocycles. The zero-order valence-corrected chi connectivity index (χ0v) is 14.7. The van der Waals surface area contributed by atoms with Crippen LogP contribution in [0.5, 0.6) is 0 Å². The predicted octanol–water partition coefficient (Wildman–Crippen LogP) is 3.12. The van der Waals surface area contributed by atoms with E-state index in [2.05, 4.69) is 4.98 Å². The smallest absolute Gasteiger partial charge is 0.308 e. The van der Waals surface area contributed by atoms with Crippen molar-refractivity contribution in [2.45, 2.75) is 26.2 Å². The van der Waals surface area contributed by atoms with Crippen molar-refractivity contribution in [3.8, 4) is 0 Å². The third-order valence-corrected chi connectivity index (χ3v) is 5.51. The third kappa shape index (κ3) is 4.04. The van der Waals surface area contributed by atoms with Crippen molar-refractivity contribution in [3.05, 3.63) is 51.2 Å². The fourth-order valence-corrected chi connectivity index (χ4v) is 4.08. The van der Waals surface area contributed by atoms with Crippen molar-refractivity contribution >= 4 is 23.2 Å². The summed E-state index contributed by atoms with van der Waals surface area (Å²) in [5.41, 5.74) is 1.59. The van der Waals surface area contributed by atoms with Gasteiger partial charge in [-0.2, -0.15) is 0 Å². The highest BCUT2D eigenvalue weighted by atomic mass is 32.1. The molecule has 0 bridgehead atoms. The minimum atomic E-state index is -0.851. The van der Waals surface area contributed by atoms with Gasteiger partial charge < -0.3 is 10.0 Å². The number of hydrogen-bond acceptors (Lipinski definition) is 4. The molecule has 0 radical (unpaired) electrons. The number of rotatable bonds is 4. The van der Waals surface area contributed by atoms with E-state index in [-0.39, 0.29) is 18.3 Å². The molecule has 1 saturated heterocycles. The lowest BCUT2D eigenvalue weighted by atomic mass is 9.98. The van der Waals surface area contributed by atoms with Crippen molar-refractivity contribution in [2.75, 3.05) is 13.1 Å². The van der Waals surface area contributed by atoms with Gasteiger partial charge in [-0.05, 0) is 37.5 Å². The van der Waals surface area contributed by atoms with Crippen LogP contribution in [0.2, 0.25) is 0 Å². The summed E-state index contributed by atoms with van der Waals surface area (Å²) < 4.78 is 13.0. The van der Waals surface area contributed by atoms with Gasteiger partial charge in [-0.15, -0.1) is 11.3 Å². The van der Waals surface area contributed by atoms with Crippen LogP contribution in [0.1, 0.15) is 38.8 Å². The van der Waals surface area contributed by atoms with E-state index in [1.807, 2.05) is 0 Å². The molecule has 1 unspecified atom stereocenters. The van der Waals surface area contributed by atoms with Crippen molar-refractivity contribution in [1.29, 1.82) is 0 Å². The third-order valence-electron chi connectivity index (χ3n) is 4.36. The summed E-state index contributed by atoms with van der Waals surface area (Å²) in [4.78, 5) is 30.6. The van der Waals surface area contributed by atoms with E-state index in [1.165, 1.54) is 23.5 Å². The Kier molecular flexibility index (Phi) is 5.13. The first-order valence-electron chi connectivity index (χ1n) is 8.17. The molecular formula is C18H19FN2O3S. The molecule has 25 heavy (non-hydrogen) atoms. The van der Waals surface area contributed by atoms with Gasteiger partial charge in [0.05, 0.1) is 16.6 Å². The number of nitrogens with zero attached hydrogens (tertiary/aromatic N) is 2. The number of carbonyl (C=O) groups excluding carboxylic acids is 1. The minimum Gasteiger partial charge on any atom is -0.481 e. The molecule has 1 aromatic heterocycles. The minimum absolute atomic E-state index is 0.147. The van der Waals surface area contributed by atoms with E-state index in [4.69, 9.17) is 0 Å². The number of aromatic nitrogens is 1. The number of benzene rings is 1. The number of carbonyl (C=O) groups is 2. The standard InChI is InChI=1S/C18H19FN2O3S/c1-11-16(17(22)21-8-2-3-13(10-21)18(23)24)25-15(20-11)9-12-4-6-14(19)7-5-12/h4-7,13H,2-3,8-10H2,1H3,(H,23,24). The molecular weight excluding hydrogens is 343 g/mol. The van der Waals surface area contributed by atoms with E-state index in [1.54, 1.807) is 24.0 Å². The van der Waals surface area contributed by atoms with Gasteiger partial charge in [-0.3, -0.25) is 9.59 Å². The van der Waals surface area contributed by atoms with Crippen molar-refractivity contribution in [2.24, 2.45) is 5.92 Å². The highest BCUT2D eigenvalue weighted by Crippen LogP contribution is 2.25. The summed E-state index contributed by atoms with van der Waals surface area (Å²) in [6, 6.07) is 6.22. The molecule has 2 aromatic rings. The summed E-state index contributed by atoms with van der Waals surface area (Å²) in [5, 5.41) is 9.97. The van der Waals surface area contributed by atoms with Crippen LogP contribution >= 0.6 is 11.3 Å². The largest absolute Gasteiger partial charge is 0.481 e. The van der Waals surface area contributed by atoms with Crippen molar-refractivity contribution < 1.29 is 19.1 Å². The molecule has 3 rings (SSSR count). The van der Waals surface area contributed by atoms with Crippen LogP contribution in [-0.2, 0) is 11.2 Å². The van der Waals surface area contributed by atoms with Gasteiger partial charge in [0.25, 0.3) is 5.91 Å². The Hall–Kier alpha value is -2.28. The number of amides is 1. The summed E-state index contributed by atoms with van der Waals surface area (Å²) in [7, 11) is 0. The van der Waals surface area contributed by atoms with Gasteiger partial charge in [0.15, 0.2) is 0 Å². The molecule has 1 aromatic carbocycles. The molecule has 1 aliphatic rings. The fourth-order valence-electron chi connectivity index (χ4n) is 3.01. The van der Waals surface area contributed by atoms with E-state index >= 15 is 0 Å². The summed E-state index contributed by atoms with van der Waals surface area (Å²) in [6.07, 6.45) is 1.84. The lowest BCUT2D eigenvalue weighted by Crippen LogP contribution is -2.42. The molecule has 132 valence electrons. The number of carboxylic acids is 1. The zero-order chi connectivity index (χ0) is 18.0. The normalized spacial score (nSPS) is 17.5. The Bertz CT molecular complexity index is 788. The molecule has 1 amide bonds. The fraction of sp³-hybridized carbons (Fsp3) is 0.389. The summed E-state index contributed by atoms with van der Waals surface area (Å²) in [5.74, 6) is -1.78. The first-order valence-corrected chi connectivity index (χ1v) is 8.98. The maximum absolute atomic E-state index is 13.0. The summed E-state index contributed by atoms with van der Waals surface area (Å²) in [6.45, 7) is 2.61. The number of hydrogen-bond donors (Lipinski definition) is 1. The number of carboxylic acid groups (broad SMARTS) is 1. The van der Waals surface area contributed by atoms with Crippen molar-refractivity contribution in [1.82, 2.24) is 9.88 Å². The first kappa shape index (κ1) is 17.5. The first-order chi connectivity index (χ1) is 11.9. The van der Waals surface area contributed by atoms with Gasteiger partial charge >= 0.3 is 5.97 Å². The highest BCUT2D eigenvalue weighted by molar-refractivity contribution is 7.13. The quantitative estimate of drug-likeness (QED) is 0.907. The maximum Gasteiger partial charge on any atom is 0.308 e. The van der Waals surface area contributed by atoms with Gasteiger partial charge in [0.2, 0.25) is 0 Å². The van der Waals surface area contributed by atoms with Gasteiger partial charge in [-0.1, -0.05) is 12.1 Å². The van der Waals surface area contributed by atoms with Crippen LogP contribution in [0.15, 0.2) is 24.3 Å². The molecule has 0 aliphatic carbocycles. The van der Waals surface area contributed by atoms with Crippen LogP contribution in [0, 0.1) is 18.7 Å². The van der Waals surface area contributed by atoms with E-state index in [0.29, 0.717) is 36.4 Å². The average molecular weight is 362 g/mol. The number of halogens is 1. The summed E-state index contributed by atoms with van der Waals surface area (Å²) >= 11 is 1.33. The number of piperidine rings is 1. The van der Waals surface area contributed by atoms with Crippen LogP contribution in [0.25, 0.3) is 0 Å². The van der Waals surface area contributed by atoms with Crippen LogP contribution in [-0.4, -0.2) is 40.0 Å². The molecule has 1 N–H and O–H groups in total. The Labute approximate surface area is 149 Å². The monoisotopic (exact) mass is 362 g/mol. The van der Waals surface area contributed by atoms with E-state index < -0.39 is 11.9 Å². The topological polar surface area (TPSA) is 70.5 Å². The van der Waals surface area contributed by atoms with Crippen LogP contribution in [0.3, 0.4) is 0 Å². The Morgan fingerprint density at radius 1 is 1.36 bits per heavy atom. The molecule has 5 nitrogen and oxygen atoms in total. The second-order valence-corrected chi connectivity index (χ2v) is 7.34. The SMILES string of the molecule is Cc1nc(Cc2ccc(F)cc2)sc1C(=O)N1CCCC(C(=O)O)C1. The van der Waals surface area contributed by atoms with E-state index in [9.17, 15) is 19.1 Å². The molecule has 1 atom stereocenters. The number of likely N-dealkylation sites (tertiary alicyclic amines) is 1. The molecule has 1 fully saturated rings. The Balaban J connectivity index is 1.74. The van der Waals surface area contributed by atoms with E-state index in [0.717, 1.165) is 10.6 Å². The van der Waals surface area contributed by atoms with Gasteiger partial charge in [0, 0.05) is 19.5 Å². The van der Waals surface area contributed by atoms with Crippen LogP contribution < -0.4 is 0 Å². The van der Waals surface area contributed by atoms with Gasteiger partial charge in [-0.25, -0.2) is 9.37 Å². The van der Waals surface area contributed by atoms with Crippen LogP contribution in [0.4, 0.5) is 4.39 Å². The maximum atomic E-state index is 13.0. The number of thiazole rings is 1. The van der Waals surface area contributed by atoms with Gasteiger partial charge in [0.1, 0.15) is 10.7 Å². The molecule has 0 spiro atoms. The second kappa shape index (κ2) is 7.31. The highest BCUT2D eigenvalue weighted by Gasteiger charge is 2.30. The molecule has 7 heteroatoms. The lowest BCUT2D eigenvalue weighted by Gasteiger charge is -2.30. The number of aliphatic carboxylic acids is 1. The molecule has 1 aliphatic heterocycles. The average Bonchev–Trinajstić information content (AvgIpc) is 2.96. The number of aryl methyl sites for hydroxylation is 1. The zero-order valence-electron chi connectivity index (χ0n) is 13.9. The second-order valence-electron chi connectivity index (χ2n) is 6.25. The lowest BCUT2D eigenvalue weighted by molar-refractivity contribution is -0.143. The Morgan fingerprint density at radius 2 is 2.08 bits per heavy atom. The Morgan fingerprint density at radius 3 is 2.76 bits per heavy atom. The van der Waals surface area contributed by atoms with Crippen molar-refractivity contribution in [3.63, 3.8) is 0 Å². The predicted molar refractivity (Wildman–Crippen MR) is 92.3 cm³/mol. The molecule has 0 saturated carbocycles.